The van der Waals surface area contributed by atoms with Crippen LogP contribution < -0.4 is 10.9 Å². The van der Waals surface area contributed by atoms with E-state index in [0.717, 1.165) is 9.79 Å². The number of nitrogens with two attached hydrogens (primary N) is 2. The van der Waals surface area contributed by atoms with Crippen molar-refractivity contribution >= 4 is 27.5 Å². The lowest BCUT2D eigenvalue weighted by Gasteiger charge is -2.11. The number of rotatable bonds is 3. The van der Waals surface area contributed by atoms with Gasteiger partial charge in [0.15, 0.2) is 0 Å². The molecule has 6 heteroatoms. The van der Waals surface area contributed by atoms with Gasteiger partial charge in [-0.2, -0.15) is 0 Å². The molecular formula is C13H14N2O2S2. The molecular weight excluding hydrogens is 280 g/mol. The minimum atomic E-state index is -3.76. The van der Waals surface area contributed by atoms with Gasteiger partial charge >= 0.3 is 0 Å². The van der Waals surface area contributed by atoms with Crippen LogP contribution in [0.3, 0.4) is 0 Å². The molecule has 0 amide bonds. The molecule has 0 heterocycles. The molecule has 0 atom stereocenters. The molecule has 2 aromatic rings. The van der Waals surface area contributed by atoms with Crippen LogP contribution in [0.5, 0.6) is 0 Å². The zero-order chi connectivity index (χ0) is 14.0. The second-order valence-electron chi connectivity index (χ2n) is 4.10. The van der Waals surface area contributed by atoms with Crippen molar-refractivity contribution in [1.82, 2.24) is 0 Å². The molecule has 0 unspecified atom stereocenters. The lowest BCUT2D eigenvalue weighted by Crippen LogP contribution is -2.14. The summed E-state index contributed by atoms with van der Waals surface area (Å²) < 4.78 is 23.0. The third-order valence-electron chi connectivity index (χ3n) is 2.61. The first-order valence-electron chi connectivity index (χ1n) is 5.54. The molecule has 0 aliphatic rings. The van der Waals surface area contributed by atoms with Gasteiger partial charge in [0.05, 0.1) is 4.90 Å². The Morgan fingerprint density at radius 2 is 1.74 bits per heavy atom. The number of benzene rings is 2. The summed E-state index contributed by atoms with van der Waals surface area (Å²) in [5.74, 6) is 0. The van der Waals surface area contributed by atoms with E-state index in [1.807, 2.05) is 30.3 Å². The van der Waals surface area contributed by atoms with Crippen LogP contribution in [-0.4, -0.2) is 8.42 Å². The van der Waals surface area contributed by atoms with Crippen molar-refractivity contribution < 1.29 is 8.42 Å². The Labute approximate surface area is 116 Å². The van der Waals surface area contributed by atoms with Gasteiger partial charge < -0.3 is 5.73 Å². The molecule has 0 aliphatic carbocycles. The zero-order valence-electron chi connectivity index (χ0n) is 10.3. The maximum absolute atomic E-state index is 11.5. The molecule has 0 spiro atoms. The first-order chi connectivity index (χ1) is 8.88. The number of anilines is 1. The third kappa shape index (κ3) is 3.28. The summed E-state index contributed by atoms with van der Waals surface area (Å²) >= 11 is 1.46. The van der Waals surface area contributed by atoms with Crippen LogP contribution in [0, 0.1) is 6.92 Å². The molecule has 0 saturated heterocycles. The maximum atomic E-state index is 11.5. The Hall–Kier alpha value is -1.50. The van der Waals surface area contributed by atoms with Gasteiger partial charge in [-0.25, -0.2) is 13.6 Å². The van der Waals surface area contributed by atoms with Crippen molar-refractivity contribution in [2.45, 2.75) is 21.6 Å². The molecule has 0 fully saturated rings. The summed E-state index contributed by atoms with van der Waals surface area (Å²) in [6, 6.07) is 12.8. The van der Waals surface area contributed by atoms with Crippen LogP contribution in [0.4, 0.5) is 5.69 Å². The molecule has 0 saturated carbocycles. The molecule has 2 rings (SSSR count). The SMILES string of the molecule is Cc1c(Sc2ccccc2)cc(N)cc1S(N)(=O)=O. The quantitative estimate of drug-likeness (QED) is 0.851. The normalized spacial score (nSPS) is 11.5. The van der Waals surface area contributed by atoms with E-state index in [1.165, 1.54) is 17.8 Å². The van der Waals surface area contributed by atoms with Crippen molar-refractivity contribution in [2.75, 3.05) is 5.73 Å². The van der Waals surface area contributed by atoms with Gasteiger partial charge in [0, 0.05) is 15.5 Å². The van der Waals surface area contributed by atoms with Crippen LogP contribution >= 0.6 is 11.8 Å². The average molecular weight is 294 g/mol. The minimum Gasteiger partial charge on any atom is -0.399 e. The Bertz CT molecular complexity index is 698. The van der Waals surface area contributed by atoms with Crippen LogP contribution in [0.15, 0.2) is 57.2 Å². The fraction of sp³-hybridized carbons (Fsp3) is 0.0769. The summed E-state index contributed by atoms with van der Waals surface area (Å²) in [6.07, 6.45) is 0. The predicted molar refractivity (Wildman–Crippen MR) is 77.5 cm³/mol. The van der Waals surface area contributed by atoms with Crippen LogP contribution in [-0.2, 0) is 10.0 Å². The second-order valence-corrected chi connectivity index (χ2v) is 6.75. The molecule has 4 nitrogen and oxygen atoms in total. The Balaban J connectivity index is 2.50. The summed E-state index contributed by atoms with van der Waals surface area (Å²) in [4.78, 5) is 1.87. The van der Waals surface area contributed by atoms with E-state index in [9.17, 15) is 8.42 Å². The van der Waals surface area contributed by atoms with Gasteiger partial charge in [-0.15, -0.1) is 0 Å². The second kappa shape index (κ2) is 5.24. The summed E-state index contributed by atoms with van der Waals surface area (Å²) in [6.45, 7) is 1.73. The van der Waals surface area contributed by atoms with E-state index < -0.39 is 10.0 Å². The lowest BCUT2D eigenvalue weighted by molar-refractivity contribution is 0.597. The fourth-order valence-electron chi connectivity index (χ4n) is 1.70. The van der Waals surface area contributed by atoms with Crippen molar-refractivity contribution in [1.29, 1.82) is 0 Å². The molecule has 19 heavy (non-hydrogen) atoms. The summed E-state index contributed by atoms with van der Waals surface area (Å²) in [5, 5.41) is 5.20. The van der Waals surface area contributed by atoms with Gasteiger partial charge in [-0.1, -0.05) is 30.0 Å². The van der Waals surface area contributed by atoms with Gasteiger partial charge in [0.25, 0.3) is 0 Å². The molecule has 0 aliphatic heterocycles. The Morgan fingerprint density at radius 3 is 2.32 bits per heavy atom. The third-order valence-corrected chi connectivity index (χ3v) is 4.80. The van der Waals surface area contributed by atoms with Crippen molar-refractivity contribution in [3.8, 4) is 0 Å². The van der Waals surface area contributed by atoms with Crippen molar-refractivity contribution in [3.05, 3.63) is 48.0 Å². The number of hydrogen-bond donors (Lipinski definition) is 2. The number of sulfonamides is 1. The first-order valence-corrected chi connectivity index (χ1v) is 7.90. The zero-order valence-corrected chi connectivity index (χ0v) is 12.0. The molecule has 4 N–H and O–H groups in total. The smallest absolute Gasteiger partial charge is 0.238 e. The highest BCUT2D eigenvalue weighted by Gasteiger charge is 2.16. The average Bonchev–Trinajstić information content (AvgIpc) is 2.33. The Kier molecular flexibility index (Phi) is 3.84. The number of nitrogen functional groups attached to an aromatic ring is 1. The Morgan fingerprint density at radius 1 is 1.11 bits per heavy atom. The fourth-order valence-corrected chi connectivity index (χ4v) is 3.61. The molecule has 100 valence electrons. The van der Waals surface area contributed by atoms with E-state index in [2.05, 4.69) is 0 Å². The van der Waals surface area contributed by atoms with E-state index in [-0.39, 0.29) is 4.90 Å². The highest BCUT2D eigenvalue weighted by atomic mass is 32.2. The van der Waals surface area contributed by atoms with Gasteiger partial charge in [0.2, 0.25) is 10.0 Å². The minimum absolute atomic E-state index is 0.0749. The largest absolute Gasteiger partial charge is 0.399 e. The highest BCUT2D eigenvalue weighted by molar-refractivity contribution is 7.99. The van der Waals surface area contributed by atoms with Crippen molar-refractivity contribution in [3.63, 3.8) is 0 Å². The number of hydrogen-bond acceptors (Lipinski definition) is 4. The van der Waals surface area contributed by atoms with E-state index in [0.29, 0.717) is 11.3 Å². The van der Waals surface area contributed by atoms with E-state index >= 15 is 0 Å². The molecule has 0 radical (unpaired) electrons. The molecule has 0 bridgehead atoms. The monoisotopic (exact) mass is 294 g/mol. The highest BCUT2D eigenvalue weighted by Crippen LogP contribution is 2.34. The summed E-state index contributed by atoms with van der Waals surface area (Å²) in [5.41, 5.74) is 6.74. The number of primary sulfonamides is 1. The van der Waals surface area contributed by atoms with Crippen molar-refractivity contribution in [2.24, 2.45) is 5.14 Å². The van der Waals surface area contributed by atoms with Gasteiger partial charge in [-0.3, -0.25) is 0 Å². The van der Waals surface area contributed by atoms with Crippen LogP contribution in [0.25, 0.3) is 0 Å². The standard InChI is InChI=1S/C13H14N2O2S2/c1-9-12(18-11-5-3-2-4-6-11)7-10(14)8-13(9)19(15,16)17/h2-8H,14H2,1H3,(H2,15,16,17). The van der Waals surface area contributed by atoms with Gasteiger partial charge in [0.1, 0.15) is 0 Å². The lowest BCUT2D eigenvalue weighted by atomic mass is 10.2. The van der Waals surface area contributed by atoms with E-state index in [4.69, 9.17) is 10.9 Å². The van der Waals surface area contributed by atoms with Crippen LogP contribution in [0.2, 0.25) is 0 Å². The summed E-state index contributed by atoms with van der Waals surface area (Å²) in [7, 11) is -3.76. The molecule has 2 aromatic carbocycles. The van der Waals surface area contributed by atoms with E-state index in [1.54, 1.807) is 13.0 Å². The van der Waals surface area contributed by atoms with Crippen LogP contribution in [0.1, 0.15) is 5.56 Å². The molecule has 0 aromatic heterocycles. The maximum Gasteiger partial charge on any atom is 0.238 e. The predicted octanol–water partition coefficient (Wildman–Crippen LogP) is 2.38. The topological polar surface area (TPSA) is 86.2 Å². The van der Waals surface area contributed by atoms with Gasteiger partial charge in [-0.05, 0) is 36.8 Å². The first kappa shape index (κ1) is 13.9.